The van der Waals surface area contributed by atoms with Crippen LogP contribution in [0.3, 0.4) is 0 Å². The van der Waals surface area contributed by atoms with Crippen LogP contribution in [-0.2, 0) is 13.1 Å². The molecular weight excluding hydrogens is 240 g/mol. The quantitative estimate of drug-likeness (QED) is 0.820. The number of aromatic nitrogens is 5. The molecule has 0 N–H and O–H groups in total. The molecule has 1 aliphatic heterocycles. The van der Waals surface area contributed by atoms with Crippen molar-refractivity contribution in [1.29, 1.82) is 0 Å². The number of hydrogen-bond acceptors (Lipinski definition) is 5. The van der Waals surface area contributed by atoms with Gasteiger partial charge in [0.15, 0.2) is 0 Å². The molecule has 1 saturated heterocycles. The third kappa shape index (κ3) is 2.96. The molecule has 19 heavy (non-hydrogen) atoms. The molecule has 100 valence electrons. The number of hydrogen-bond donors (Lipinski definition) is 0. The molecule has 0 spiro atoms. The molecule has 3 rings (SSSR count). The Morgan fingerprint density at radius 2 is 2.26 bits per heavy atom. The summed E-state index contributed by atoms with van der Waals surface area (Å²) in [5.41, 5.74) is 2.00. The molecular formula is C13H18N6. The van der Waals surface area contributed by atoms with Gasteiger partial charge in [0.25, 0.3) is 0 Å². The highest BCUT2D eigenvalue weighted by atomic mass is 15.3. The molecule has 0 saturated carbocycles. The third-order valence-electron chi connectivity index (χ3n) is 3.56. The number of aryl methyl sites for hydroxylation is 1. The van der Waals surface area contributed by atoms with Gasteiger partial charge >= 0.3 is 0 Å². The van der Waals surface area contributed by atoms with Gasteiger partial charge in [-0.25, -0.2) is 4.98 Å². The molecule has 1 aliphatic rings. The number of rotatable bonds is 4. The summed E-state index contributed by atoms with van der Waals surface area (Å²) in [6.07, 6.45) is 9.52. The predicted octanol–water partition coefficient (Wildman–Crippen LogP) is 1.04. The summed E-state index contributed by atoms with van der Waals surface area (Å²) in [7, 11) is 0. The summed E-state index contributed by atoms with van der Waals surface area (Å²) in [6.45, 7) is 4.85. The van der Waals surface area contributed by atoms with Gasteiger partial charge in [-0.05, 0) is 26.3 Å². The standard InChI is InChI=1S/C13H18N6/c1-11-5-16-12(6-15-11)7-18-4-2-3-13(18)8-19-10-14-9-17-19/h5-6,9-10,13H,2-4,7-8H2,1H3/t13-/m0/s1. The lowest BCUT2D eigenvalue weighted by atomic mass is 10.2. The Kier molecular flexibility index (Phi) is 3.50. The fraction of sp³-hybridized carbons (Fsp3) is 0.538. The molecule has 6 heteroatoms. The van der Waals surface area contributed by atoms with Crippen LogP contribution >= 0.6 is 0 Å². The molecule has 6 nitrogen and oxygen atoms in total. The van der Waals surface area contributed by atoms with Gasteiger partial charge in [-0.2, -0.15) is 5.10 Å². The summed E-state index contributed by atoms with van der Waals surface area (Å²) in [6, 6.07) is 0.518. The van der Waals surface area contributed by atoms with Crippen LogP contribution in [0.15, 0.2) is 25.0 Å². The minimum absolute atomic E-state index is 0.518. The van der Waals surface area contributed by atoms with E-state index in [4.69, 9.17) is 0 Å². The second-order valence-corrected chi connectivity index (χ2v) is 5.03. The lowest BCUT2D eigenvalue weighted by Gasteiger charge is -2.23. The first-order chi connectivity index (χ1) is 9.31. The smallest absolute Gasteiger partial charge is 0.137 e. The molecule has 1 fully saturated rings. The van der Waals surface area contributed by atoms with Crippen LogP contribution in [0.4, 0.5) is 0 Å². The maximum atomic E-state index is 4.43. The van der Waals surface area contributed by atoms with Gasteiger partial charge in [-0.3, -0.25) is 19.5 Å². The molecule has 0 radical (unpaired) electrons. The summed E-state index contributed by atoms with van der Waals surface area (Å²) in [4.78, 5) is 15.2. The monoisotopic (exact) mass is 258 g/mol. The largest absolute Gasteiger partial charge is 0.293 e. The maximum absolute atomic E-state index is 4.43. The van der Waals surface area contributed by atoms with E-state index in [0.29, 0.717) is 6.04 Å². The Morgan fingerprint density at radius 3 is 3.00 bits per heavy atom. The first-order valence-corrected chi connectivity index (χ1v) is 6.65. The van der Waals surface area contributed by atoms with E-state index >= 15 is 0 Å². The minimum atomic E-state index is 0.518. The lowest BCUT2D eigenvalue weighted by molar-refractivity contribution is 0.216. The van der Waals surface area contributed by atoms with Gasteiger partial charge in [0, 0.05) is 25.0 Å². The highest BCUT2D eigenvalue weighted by Crippen LogP contribution is 2.20. The van der Waals surface area contributed by atoms with Crippen molar-refractivity contribution in [2.45, 2.75) is 38.9 Å². The predicted molar refractivity (Wildman–Crippen MR) is 70.2 cm³/mol. The van der Waals surface area contributed by atoms with Crippen molar-refractivity contribution < 1.29 is 0 Å². The van der Waals surface area contributed by atoms with E-state index < -0.39 is 0 Å². The van der Waals surface area contributed by atoms with Crippen LogP contribution < -0.4 is 0 Å². The average molecular weight is 258 g/mol. The molecule has 0 aromatic carbocycles. The second kappa shape index (κ2) is 5.44. The van der Waals surface area contributed by atoms with Crippen molar-refractivity contribution in [2.24, 2.45) is 0 Å². The van der Waals surface area contributed by atoms with E-state index in [1.54, 1.807) is 12.7 Å². The SMILES string of the molecule is Cc1cnc(CN2CCC[C@H]2Cn2cncn2)cn1. The Morgan fingerprint density at radius 1 is 1.32 bits per heavy atom. The number of nitrogens with zero attached hydrogens (tertiary/aromatic N) is 6. The second-order valence-electron chi connectivity index (χ2n) is 5.03. The topological polar surface area (TPSA) is 59.7 Å². The molecule has 0 aliphatic carbocycles. The van der Waals surface area contributed by atoms with Gasteiger partial charge in [0.05, 0.1) is 17.9 Å². The highest BCUT2D eigenvalue weighted by Gasteiger charge is 2.25. The van der Waals surface area contributed by atoms with Crippen LogP contribution in [0.2, 0.25) is 0 Å². The molecule has 2 aromatic heterocycles. The van der Waals surface area contributed by atoms with Crippen LogP contribution in [0.5, 0.6) is 0 Å². The minimum Gasteiger partial charge on any atom is -0.293 e. The summed E-state index contributed by atoms with van der Waals surface area (Å²) < 4.78 is 1.91. The molecule has 0 bridgehead atoms. The Balaban J connectivity index is 1.64. The number of likely N-dealkylation sites (tertiary alicyclic amines) is 1. The first-order valence-electron chi connectivity index (χ1n) is 6.65. The van der Waals surface area contributed by atoms with E-state index in [1.807, 2.05) is 24.0 Å². The zero-order chi connectivity index (χ0) is 13.1. The zero-order valence-corrected chi connectivity index (χ0v) is 11.1. The van der Waals surface area contributed by atoms with Gasteiger partial charge < -0.3 is 0 Å². The zero-order valence-electron chi connectivity index (χ0n) is 11.1. The molecule has 3 heterocycles. The van der Waals surface area contributed by atoms with Crippen LogP contribution in [0.1, 0.15) is 24.2 Å². The van der Waals surface area contributed by atoms with Gasteiger partial charge in [0.2, 0.25) is 0 Å². The normalized spacial score (nSPS) is 19.9. The van der Waals surface area contributed by atoms with E-state index in [1.165, 1.54) is 12.8 Å². The average Bonchev–Trinajstić information content (AvgIpc) is 3.06. The van der Waals surface area contributed by atoms with Crippen LogP contribution in [-0.4, -0.2) is 42.2 Å². The Hall–Kier alpha value is -1.82. The van der Waals surface area contributed by atoms with Crippen molar-refractivity contribution in [3.8, 4) is 0 Å². The van der Waals surface area contributed by atoms with Gasteiger partial charge in [0.1, 0.15) is 12.7 Å². The van der Waals surface area contributed by atoms with Gasteiger partial charge in [-0.15, -0.1) is 0 Å². The van der Waals surface area contributed by atoms with E-state index in [2.05, 4.69) is 25.0 Å². The van der Waals surface area contributed by atoms with Gasteiger partial charge in [-0.1, -0.05) is 0 Å². The highest BCUT2D eigenvalue weighted by molar-refractivity contribution is 5.01. The maximum Gasteiger partial charge on any atom is 0.137 e. The van der Waals surface area contributed by atoms with Crippen molar-refractivity contribution in [2.75, 3.05) is 6.54 Å². The van der Waals surface area contributed by atoms with E-state index in [0.717, 1.165) is 31.0 Å². The summed E-state index contributed by atoms with van der Waals surface area (Å²) >= 11 is 0. The van der Waals surface area contributed by atoms with E-state index in [9.17, 15) is 0 Å². The molecule has 0 amide bonds. The Labute approximate surface area is 112 Å². The van der Waals surface area contributed by atoms with Crippen molar-refractivity contribution >= 4 is 0 Å². The fourth-order valence-corrected chi connectivity index (χ4v) is 2.56. The van der Waals surface area contributed by atoms with Crippen LogP contribution in [0.25, 0.3) is 0 Å². The molecule has 1 atom stereocenters. The van der Waals surface area contributed by atoms with Crippen molar-refractivity contribution in [3.63, 3.8) is 0 Å². The first kappa shape index (κ1) is 12.2. The lowest BCUT2D eigenvalue weighted by Crippen LogP contribution is -2.33. The van der Waals surface area contributed by atoms with Crippen molar-refractivity contribution in [3.05, 3.63) is 36.4 Å². The van der Waals surface area contributed by atoms with Crippen LogP contribution in [0, 0.1) is 6.92 Å². The summed E-state index contributed by atoms with van der Waals surface area (Å²) in [5.74, 6) is 0. The molecule has 0 unspecified atom stereocenters. The third-order valence-corrected chi connectivity index (χ3v) is 3.56. The Bertz CT molecular complexity index is 506. The van der Waals surface area contributed by atoms with E-state index in [-0.39, 0.29) is 0 Å². The fourth-order valence-electron chi connectivity index (χ4n) is 2.56. The summed E-state index contributed by atoms with van der Waals surface area (Å²) in [5, 5.41) is 4.18. The van der Waals surface area contributed by atoms with Crippen molar-refractivity contribution in [1.82, 2.24) is 29.6 Å². The molecule has 2 aromatic rings.